The van der Waals surface area contributed by atoms with Crippen LogP contribution in [0.5, 0.6) is 0 Å². The van der Waals surface area contributed by atoms with E-state index in [4.69, 9.17) is 5.73 Å². The molecule has 1 aliphatic rings. The number of hydrogen-bond acceptors (Lipinski definition) is 5. The highest BCUT2D eigenvalue weighted by Crippen LogP contribution is 2.32. The standard InChI is InChI=1S/C17H21N3O3S2/c18-11-15(13-5-6-13)19-16(21)10-12-3-7-14(8-4-12)20-25(22,23)17-2-1-9-24-17/h1-4,7-9,13,15,20H,5-6,10-11,18H2,(H,19,21). The second-order valence-corrected chi connectivity index (χ2v) is 9.02. The van der Waals surface area contributed by atoms with Gasteiger partial charge in [0.1, 0.15) is 4.21 Å². The zero-order valence-electron chi connectivity index (χ0n) is 13.6. The van der Waals surface area contributed by atoms with Gasteiger partial charge < -0.3 is 11.1 Å². The summed E-state index contributed by atoms with van der Waals surface area (Å²) in [5.74, 6) is 0.456. The first-order valence-electron chi connectivity index (χ1n) is 8.12. The van der Waals surface area contributed by atoms with Crippen LogP contribution in [0.2, 0.25) is 0 Å². The van der Waals surface area contributed by atoms with Gasteiger partial charge in [0.15, 0.2) is 0 Å². The van der Waals surface area contributed by atoms with Crippen molar-refractivity contribution in [3.63, 3.8) is 0 Å². The Labute approximate surface area is 151 Å². The average Bonchev–Trinajstić information content (AvgIpc) is 3.26. The van der Waals surface area contributed by atoms with Gasteiger partial charge >= 0.3 is 0 Å². The molecule has 0 spiro atoms. The summed E-state index contributed by atoms with van der Waals surface area (Å²) in [6, 6.07) is 10.1. The van der Waals surface area contributed by atoms with Crippen molar-refractivity contribution in [1.29, 1.82) is 0 Å². The Bertz CT molecular complexity index is 813. The van der Waals surface area contributed by atoms with Gasteiger partial charge in [0.25, 0.3) is 10.0 Å². The van der Waals surface area contributed by atoms with Crippen molar-refractivity contribution < 1.29 is 13.2 Å². The molecule has 1 unspecified atom stereocenters. The number of sulfonamides is 1. The van der Waals surface area contributed by atoms with Crippen molar-refractivity contribution in [2.75, 3.05) is 11.3 Å². The summed E-state index contributed by atoms with van der Waals surface area (Å²) in [6.45, 7) is 0.458. The lowest BCUT2D eigenvalue weighted by atomic mass is 10.1. The zero-order valence-corrected chi connectivity index (χ0v) is 15.3. The van der Waals surface area contributed by atoms with E-state index in [1.54, 1.807) is 41.8 Å². The molecule has 134 valence electrons. The van der Waals surface area contributed by atoms with E-state index in [1.807, 2.05) is 0 Å². The minimum atomic E-state index is -3.55. The van der Waals surface area contributed by atoms with E-state index < -0.39 is 10.0 Å². The summed E-state index contributed by atoms with van der Waals surface area (Å²) in [6.07, 6.45) is 2.50. The van der Waals surface area contributed by atoms with Crippen LogP contribution < -0.4 is 15.8 Å². The molecule has 4 N–H and O–H groups in total. The second kappa shape index (κ2) is 7.55. The van der Waals surface area contributed by atoms with Crippen molar-refractivity contribution in [3.8, 4) is 0 Å². The number of nitrogens with two attached hydrogens (primary N) is 1. The van der Waals surface area contributed by atoms with Crippen LogP contribution in [0.3, 0.4) is 0 Å². The number of carbonyl (C=O) groups excluding carboxylic acids is 1. The van der Waals surface area contributed by atoms with Crippen LogP contribution in [-0.2, 0) is 21.2 Å². The number of rotatable bonds is 8. The molecule has 1 aliphatic carbocycles. The van der Waals surface area contributed by atoms with E-state index in [0.717, 1.165) is 29.7 Å². The monoisotopic (exact) mass is 379 g/mol. The third kappa shape index (κ3) is 4.81. The molecular formula is C17H21N3O3S2. The third-order valence-corrected chi connectivity index (χ3v) is 6.90. The van der Waals surface area contributed by atoms with Crippen molar-refractivity contribution >= 4 is 33.0 Å². The summed E-state index contributed by atoms with van der Waals surface area (Å²) >= 11 is 1.16. The molecule has 1 fully saturated rings. The Balaban J connectivity index is 1.57. The molecular weight excluding hydrogens is 358 g/mol. The Morgan fingerprint density at radius 2 is 1.96 bits per heavy atom. The summed E-state index contributed by atoms with van der Waals surface area (Å²) in [5, 5.41) is 4.69. The van der Waals surface area contributed by atoms with Gasteiger partial charge in [-0.2, -0.15) is 0 Å². The van der Waals surface area contributed by atoms with Crippen LogP contribution in [-0.4, -0.2) is 26.9 Å². The topological polar surface area (TPSA) is 101 Å². The van der Waals surface area contributed by atoms with Gasteiger partial charge in [-0.3, -0.25) is 9.52 Å². The van der Waals surface area contributed by atoms with E-state index in [1.165, 1.54) is 0 Å². The van der Waals surface area contributed by atoms with Crippen molar-refractivity contribution in [3.05, 3.63) is 47.3 Å². The lowest BCUT2D eigenvalue weighted by Gasteiger charge is -2.16. The molecule has 1 saturated carbocycles. The average molecular weight is 380 g/mol. The Morgan fingerprint density at radius 1 is 1.24 bits per heavy atom. The smallest absolute Gasteiger partial charge is 0.271 e. The van der Waals surface area contributed by atoms with Crippen molar-refractivity contribution in [1.82, 2.24) is 5.32 Å². The summed E-state index contributed by atoms with van der Waals surface area (Å²) in [4.78, 5) is 12.1. The number of thiophene rings is 1. The molecule has 25 heavy (non-hydrogen) atoms. The van der Waals surface area contributed by atoms with Crippen LogP contribution >= 0.6 is 11.3 Å². The van der Waals surface area contributed by atoms with Gasteiger partial charge in [-0.1, -0.05) is 18.2 Å². The van der Waals surface area contributed by atoms with Gasteiger partial charge in [-0.25, -0.2) is 8.42 Å². The predicted octanol–water partition coefficient (Wildman–Crippen LogP) is 1.94. The highest BCUT2D eigenvalue weighted by molar-refractivity contribution is 7.94. The van der Waals surface area contributed by atoms with Crippen LogP contribution in [0.1, 0.15) is 18.4 Å². The molecule has 0 aliphatic heterocycles. The van der Waals surface area contributed by atoms with Crippen LogP contribution in [0, 0.1) is 5.92 Å². The molecule has 1 heterocycles. The molecule has 1 aromatic carbocycles. The number of benzene rings is 1. The first-order valence-corrected chi connectivity index (χ1v) is 10.5. The molecule has 1 aromatic heterocycles. The molecule has 0 bridgehead atoms. The number of anilines is 1. The molecule has 0 radical (unpaired) electrons. The fraction of sp³-hybridized carbons (Fsp3) is 0.353. The first kappa shape index (κ1) is 17.9. The Hall–Kier alpha value is -1.90. The van der Waals surface area contributed by atoms with Gasteiger partial charge in [-0.05, 0) is 47.9 Å². The van der Waals surface area contributed by atoms with Gasteiger partial charge in [0.05, 0.1) is 6.42 Å². The summed E-state index contributed by atoms with van der Waals surface area (Å²) < 4.78 is 27.1. The largest absolute Gasteiger partial charge is 0.352 e. The molecule has 1 atom stereocenters. The lowest BCUT2D eigenvalue weighted by molar-refractivity contribution is -0.121. The number of carbonyl (C=O) groups is 1. The van der Waals surface area contributed by atoms with Crippen LogP contribution in [0.4, 0.5) is 5.69 Å². The summed E-state index contributed by atoms with van der Waals surface area (Å²) in [5.41, 5.74) is 6.99. The molecule has 3 rings (SSSR count). The van der Waals surface area contributed by atoms with E-state index >= 15 is 0 Å². The maximum absolute atomic E-state index is 12.2. The number of nitrogens with one attached hydrogen (secondary N) is 2. The van der Waals surface area contributed by atoms with Crippen molar-refractivity contribution in [2.45, 2.75) is 29.5 Å². The highest BCUT2D eigenvalue weighted by Gasteiger charge is 2.31. The first-order chi connectivity index (χ1) is 12.0. The van der Waals surface area contributed by atoms with Crippen molar-refractivity contribution in [2.24, 2.45) is 11.7 Å². The van der Waals surface area contributed by atoms with E-state index in [-0.39, 0.29) is 22.6 Å². The van der Waals surface area contributed by atoms with Gasteiger partial charge in [0.2, 0.25) is 5.91 Å². The Morgan fingerprint density at radius 3 is 2.52 bits per heavy atom. The molecule has 1 amide bonds. The van der Waals surface area contributed by atoms with Gasteiger partial charge in [-0.15, -0.1) is 11.3 Å². The quantitative estimate of drug-likeness (QED) is 0.652. The third-order valence-electron chi connectivity index (χ3n) is 4.12. The lowest BCUT2D eigenvalue weighted by Crippen LogP contribution is -2.42. The summed E-state index contributed by atoms with van der Waals surface area (Å²) in [7, 11) is -3.55. The predicted molar refractivity (Wildman–Crippen MR) is 99.0 cm³/mol. The van der Waals surface area contributed by atoms with Crippen LogP contribution in [0.25, 0.3) is 0 Å². The fourth-order valence-corrected chi connectivity index (χ4v) is 4.67. The van der Waals surface area contributed by atoms with Crippen LogP contribution in [0.15, 0.2) is 46.0 Å². The minimum Gasteiger partial charge on any atom is -0.352 e. The zero-order chi connectivity index (χ0) is 17.9. The van der Waals surface area contributed by atoms with E-state index in [2.05, 4.69) is 10.0 Å². The fourth-order valence-electron chi connectivity index (χ4n) is 2.62. The van der Waals surface area contributed by atoms with Gasteiger partial charge in [0, 0.05) is 18.3 Å². The van der Waals surface area contributed by atoms with E-state index in [9.17, 15) is 13.2 Å². The maximum Gasteiger partial charge on any atom is 0.271 e. The number of amides is 1. The minimum absolute atomic E-state index is 0.0596. The molecule has 6 nitrogen and oxygen atoms in total. The second-order valence-electron chi connectivity index (χ2n) is 6.16. The molecule has 2 aromatic rings. The maximum atomic E-state index is 12.2. The Kier molecular flexibility index (Phi) is 5.41. The molecule has 0 saturated heterocycles. The van der Waals surface area contributed by atoms with E-state index in [0.29, 0.717) is 18.2 Å². The normalized spacial score (nSPS) is 15.6. The highest BCUT2D eigenvalue weighted by atomic mass is 32.2. The number of hydrogen-bond donors (Lipinski definition) is 3. The SMILES string of the molecule is NCC(NC(=O)Cc1ccc(NS(=O)(=O)c2cccs2)cc1)C1CC1. The molecule has 8 heteroatoms.